The van der Waals surface area contributed by atoms with Crippen molar-refractivity contribution in [2.24, 2.45) is 0 Å². The molecule has 0 N–H and O–H groups in total. The van der Waals surface area contributed by atoms with E-state index >= 15 is 0 Å². The van der Waals surface area contributed by atoms with Gasteiger partial charge in [0.15, 0.2) is 16.1 Å². The molecule has 0 unspecified atom stereocenters. The molecule has 1 heterocycles. The average Bonchev–Trinajstić information content (AvgIpc) is 1.54. The normalized spacial score (nSPS) is 11.7. The Bertz CT molecular complexity index is 5160. The Morgan fingerprint density at radius 1 is 0.243 bits per heavy atom. The number of fused-ring (bicyclic) bond motifs is 3. The molecule has 0 spiro atoms. The lowest BCUT2D eigenvalue weighted by Gasteiger charge is -2.44. The molecule has 0 aliphatic heterocycles. The van der Waals surface area contributed by atoms with Crippen molar-refractivity contribution in [1.29, 1.82) is 15.8 Å². The number of hydrogen-bond donors (Lipinski definition) is 0. The Kier molecular flexibility index (Phi) is 27.4. The van der Waals surface area contributed by atoms with E-state index in [0.717, 1.165) is 22.3 Å². The van der Waals surface area contributed by atoms with Crippen LogP contribution in [-0.2, 0) is 27.1 Å². The highest BCUT2D eigenvalue weighted by molar-refractivity contribution is 7.20. The molecular weight excluding hydrogens is 1370 g/mol. The minimum absolute atomic E-state index is 0.0618. The summed E-state index contributed by atoms with van der Waals surface area (Å²) in [6.07, 6.45) is 0. The van der Waals surface area contributed by atoms with Crippen molar-refractivity contribution in [2.45, 2.75) is 157 Å². The molecule has 13 aromatic carbocycles. The molecule has 0 fully saturated rings. The van der Waals surface area contributed by atoms with E-state index in [9.17, 15) is 0 Å². The third-order valence-electron chi connectivity index (χ3n) is 20.7. The standard InChI is InChI=1S/C28H28Si.C22H21N.C22H24Si.3C11H13N/c1-28(2,3)23-14-13-21-27(22-23)29(24-15-7-4-8-16-24,25-17-9-5-10-18-25)26-19-11-6-12-20-26;1-22(2,3)16-9-8-10-17(15-16)23-20-13-6-4-11-18(20)19-12-5-7-14-21(19)23;1-22(2,3)23(19-13-7-4-8-14-19,20-15-9-5-10-16-20)21-17-11-6-12-18-21;1-11(2,3)10-6-4-9(8-12)5-7-10;1-11(2,3)10-6-4-5-9(7-10)8-12;1-11(2,3)10-7-5-4-6-9(10)8-12/h4-22H,1-3H3;4-15H,1-3H3;4-18H,1-3H3;3*4-7H,1-3H3. The average molecular weight is 1490 g/mol. The van der Waals surface area contributed by atoms with E-state index < -0.39 is 16.1 Å². The van der Waals surface area contributed by atoms with Crippen LogP contribution in [0.4, 0.5) is 0 Å². The molecule has 0 aliphatic rings. The van der Waals surface area contributed by atoms with Gasteiger partial charge in [-0.2, -0.15) is 15.8 Å². The van der Waals surface area contributed by atoms with E-state index in [2.05, 4.69) is 433 Å². The van der Waals surface area contributed by atoms with Crippen LogP contribution < -0.4 is 36.3 Å². The zero-order valence-electron chi connectivity index (χ0n) is 68.8. The van der Waals surface area contributed by atoms with Crippen molar-refractivity contribution < 1.29 is 0 Å². The molecular formula is C105H112N4Si2. The first-order valence-corrected chi connectivity index (χ1v) is 42.8. The van der Waals surface area contributed by atoms with Gasteiger partial charge in [-0.25, -0.2) is 0 Å². The summed E-state index contributed by atoms with van der Waals surface area (Å²) in [5.41, 5.74) is 13.0. The summed E-state index contributed by atoms with van der Waals surface area (Å²) in [6, 6.07) is 132. The van der Waals surface area contributed by atoms with Gasteiger partial charge in [0.05, 0.1) is 45.9 Å². The Morgan fingerprint density at radius 3 is 0.928 bits per heavy atom. The number of nitriles is 3. The fourth-order valence-corrected chi connectivity index (χ4v) is 25.3. The summed E-state index contributed by atoms with van der Waals surface area (Å²) >= 11 is 0. The number of para-hydroxylation sites is 2. The fourth-order valence-electron chi connectivity index (χ4n) is 14.8. The molecule has 0 amide bonds. The summed E-state index contributed by atoms with van der Waals surface area (Å²) in [5, 5.41) is 39.0. The number of rotatable bonds is 8. The molecule has 0 saturated heterocycles. The molecule has 1 aromatic heterocycles. The maximum absolute atomic E-state index is 8.83. The van der Waals surface area contributed by atoms with Gasteiger partial charge in [0.25, 0.3) is 0 Å². The number of aromatic nitrogens is 1. The third-order valence-corrected chi connectivity index (χ3v) is 31.3. The van der Waals surface area contributed by atoms with Crippen molar-refractivity contribution in [1.82, 2.24) is 4.57 Å². The fraction of sp³-hybridized carbons (Fsp3) is 0.229. The van der Waals surface area contributed by atoms with Gasteiger partial charge in [-0.05, 0) is 151 Å². The zero-order chi connectivity index (χ0) is 80.3. The summed E-state index contributed by atoms with van der Waals surface area (Å²) in [6.45, 7) is 40.1. The van der Waals surface area contributed by atoms with Gasteiger partial charge >= 0.3 is 0 Å². The first kappa shape index (κ1) is 83.6. The second kappa shape index (κ2) is 36.4. The van der Waals surface area contributed by atoms with Crippen molar-refractivity contribution in [3.05, 3.63) is 396 Å². The summed E-state index contributed by atoms with van der Waals surface area (Å²) in [4.78, 5) is 0. The predicted molar refractivity (Wildman–Crippen MR) is 482 cm³/mol. The molecule has 14 rings (SSSR count). The van der Waals surface area contributed by atoms with Crippen molar-refractivity contribution >= 4 is 74.3 Å². The molecule has 560 valence electrons. The van der Waals surface area contributed by atoms with E-state index in [0.29, 0.717) is 0 Å². The van der Waals surface area contributed by atoms with Crippen LogP contribution >= 0.6 is 0 Å². The van der Waals surface area contributed by atoms with Gasteiger partial charge in [-0.15, -0.1) is 0 Å². The monoisotopic (exact) mass is 1480 g/mol. The first-order valence-electron chi connectivity index (χ1n) is 38.8. The Balaban J connectivity index is 0.000000159. The van der Waals surface area contributed by atoms with E-state index in [1.807, 2.05) is 66.7 Å². The second-order valence-electron chi connectivity index (χ2n) is 34.7. The minimum atomic E-state index is -2.41. The Hall–Kier alpha value is -11.4. The van der Waals surface area contributed by atoms with Crippen LogP contribution in [0.2, 0.25) is 5.04 Å². The summed E-state index contributed by atoms with van der Waals surface area (Å²) in [5.74, 6) is 0. The number of nitrogens with zero attached hydrogens (tertiary/aromatic N) is 4. The van der Waals surface area contributed by atoms with E-state index in [-0.39, 0.29) is 32.1 Å². The highest BCUT2D eigenvalue weighted by Gasteiger charge is 2.49. The molecule has 111 heavy (non-hydrogen) atoms. The van der Waals surface area contributed by atoms with Gasteiger partial charge in [0.2, 0.25) is 0 Å². The highest BCUT2D eigenvalue weighted by Crippen LogP contribution is 2.37. The van der Waals surface area contributed by atoms with E-state index in [1.54, 1.807) is 0 Å². The minimum Gasteiger partial charge on any atom is -0.309 e. The smallest absolute Gasteiger partial charge is 0.179 e. The van der Waals surface area contributed by atoms with Crippen LogP contribution in [0.3, 0.4) is 0 Å². The van der Waals surface area contributed by atoms with Crippen LogP contribution in [0.15, 0.2) is 352 Å². The molecule has 14 aromatic rings. The molecule has 0 bridgehead atoms. The lowest BCUT2D eigenvalue weighted by Crippen LogP contribution is -2.74. The van der Waals surface area contributed by atoms with Gasteiger partial charge in [-0.1, -0.05) is 422 Å². The zero-order valence-corrected chi connectivity index (χ0v) is 70.8. The lowest BCUT2D eigenvalue weighted by atomic mass is 9.84. The summed E-state index contributed by atoms with van der Waals surface area (Å²) < 4.78 is 2.37. The van der Waals surface area contributed by atoms with Crippen LogP contribution in [0.1, 0.15) is 169 Å². The molecule has 0 aliphatic carbocycles. The maximum atomic E-state index is 8.83. The van der Waals surface area contributed by atoms with E-state index in [4.69, 9.17) is 15.8 Å². The quantitative estimate of drug-likeness (QED) is 0.112. The number of hydrogen-bond acceptors (Lipinski definition) is 3. The van der Waals surface area contributed by atoms with Crippen LogP contribution in [0.5, 0.6) is 0 Å². The van der Waals surface area contributed by atoms with E-state index in [1.165, 1.54) is 86.1 Å². The molecule has 0 saturated carbocycles. The molecule has 0 radical (unpaired) electrons. The molecule has 0 atom stereocenters. The van der Waals surface area contributed by atoms with Gasteiger partial charge in [0.1, 0.15) is 0 Å². The molecule has 4 nitrogen and oxygen atoms in total. The molecule has 6 heteroatoms. The van der Waals surface area contributed by atoms with Crippen molar-refractivity contribution in [2.75, 3.05) is 0 Å². The topological polar surface area (TPSA) is 76.3 Å². The maximum Gasteiger partial charge on any atom is 0.179 e. The predicted octanol–water partition coefficient (Wildman–Crippen LogP) is 23.0. The Labute approximate surface area is 667 Å². The van der Waals surface area contributed by atoms with Crippen molar-refractivity contribution in [3.8, 4) is 23.9 Å². The van der Waals surface area contributed by atoms with Crippen molar-refractivity contribution in [3.63, 3.8) is 0 Å². The SMILES string of the molecule is CC(C)(C)[Si](c1ccccc1)(c1ccccc1)c1ccccc1.CC(C)(C)c1ccc(C#N)cc1.CC(C)(C)c1cccc(-n2c3ccccc3c3ccccc32)c1.CC(C)(C)c1cccc(C#N)c1.CC(C)(C)c1cccc([Si](c2ccccc2)(c2ccccc2)c2ccccc2)c1.CC(C)(C)c1ccccc1C#N. The largest absolute Gasteiger partial charge is 0.309 e. The van der Waals surface area contributed by atoms with Gasteiger partial charge < -0.3 is 4.57 Å². The van der Waals surface area contributed by atoms with Gasteiger partial charge in [0, 0.05) is 16.5 Å². The van der Waals surface area contributed by atoms with Crippen LogP contribution in [-0.4, -0.2) is 20.7 Å². The lowest BCUT2D eigenvalue weighted by molar-refractivity contribution is 0.588. The highest BCUT2D eigenvalue weighted by atomic mass is 28.3. The number of benzene rings is 13. The Morgan fingerprint density at radius 2 is 0.568 bits per heavy atom. The van der Waals surface area contributed by atoms with Gasteiger partial charge in [-0.3, -0.25) is 0 Å². The second-order valence-corrected chi connectivity index (χ2v) is 43.3. The summed E-state index contributed by atoms with van der Waals surface area (Å²) in [7, 11) is -4.54. The van der Waals surface area contributed by atoms with Crippen LogP contribution in [0.25, 0.3) is 27.5 Å². The first-order chi connectivity index (χ1) is 52.8. The third kappa shape index (κ3) is 20.3. The van der Waals surface area contributed by atoms with Crippen LogP contribution in [0, 0.1) is 34.0 Å².